The number of hydrogen-bond acceptors (Lipinski definition) is 4. The lowest BCUT2D eigenvalue weighted by Crippen LogP contribution is -2.48. The SMILES string of the molecule is CCC(CNC(=O)CCN1C(=O)NC2(CCCCC2)C1=O)N1CCc2ccccc2C1. The Morgan fingerprint density at radius 2 is 1.90 bits per heavy atom. The number of benzene rings is 1. The van der Waals surface area contributed by atoms with E-state index < -0.39 is 5.54 Å². The minimum atomic E-state index is -0.719. The first-order chi connectivity index (χ1) is 15.0. The lowest BCUT2D eigenvalue weighted by molar-refractivity contribution is -0.132. The van der Waals surface area contributed by atoms with Crippen LogP contribution < -0.4 is 10.6 Å². The normalized spacial score (nSPS) is 21.6. The van der Waals surface area contributed by atoms with Gasteiger partial charge >= 0.3 is 6.03 Å². The summed E-state index contributed by atoms with van der Waals surface area (Å²) in [6.45, 7) is 4.78. The lowest BCUT2D eigenvalue weighted by atomic mass is 9.82. The van der Waals surface area contributed by atoms with E-state index in [1.807, 2.05) is 0 Å². The maximum absolute atomic E-state index is 12.8. The molecule has 2 N–H and O–H groups in total. The predicted octanol–water partition coefficient (Wildman–Crippen LogP) is 2.58. The van der Waals surface area contributed by atoms with E-state index in [4.69, 9.17) is 0 Å². The van der Waals surface area contributed by atoms with E-state index in [-0.39, 0.29) is 36.9 Å². The minimum absolute atomic E-state index is 0.110. The molecule has 1 aromatic rings. The van der Waals surface area contributed by atoms with Crippen molar-refractivity contribution >= 4 is 17.8 Å². The van der Waals surface area contributed by atoms with Crippen molar-refractivity contribution in [3.8, 4) is 0 Å². The fourth-order valence-electron chi connectivity index (χ4n) is 5.27. The van der Waals surface area contributed by atoms with E-state index in [0.717, 1.165) is 45.2 Å². The van der Waals surface area contributed by atoms with Crippen LogP contribution in [0.4, 0.5) is 4.79 Å². The third kappa shape index (κ3) is 4.61. The first-order valence-electron chi connectivity index (χ1n) is 11.7. The van der Waals surface area contributed by atoms with Gasteiger partial charge in [0.05, 0.1) is 0 Å². The van der Waals surface area contributed by atoms with Crippen LogP contribution in [0.5, 0.6) is 0 Å². The molecule has 0 radical (unpaired) electrons. The summed E-state index contributed by atoms with van der Waals surface area (Å²) in [5.41, 5.74) is 2.07. The third-order valence-electron chi connectivity index (χ3n) is 7.20. The van der Waals surface area contributed by atoms with Crippen molar-refractivity contribution in [3.63, 3.8) is 0 Å². The van der Waals surface area contributed by atoms with Crippen molar-refractivity contribution in [2.75, 3.05) is 19.6 Å². The second-order valence-corrected chi connectivity index (χ2v) is 9.14. The van der Waals surface area contributed by atoms with Crippen LogP contribution in [0, 0.1) is 0 Å². The number of imide groups is 1. The molecule has 1 unspecified atom stereocenters. The number of rotatable bonds is 7. The van der Waals surface area contributed by atoms with Gasteiger partial charge in [0.25, 0.3) is 5.91 Å². The van der Waals surface area contributed by atoms with Gasteiger partial charge in [0, 0.05) is 38.6 Å². The highest BCUT2D eigenvalue weighted by Crippen LogP contribution is 2.33. The quantitative estimate of drug-likeness (QED) is 0.657. The lowest BCUT2D eigenvalue weighted by Gasteiger charge is -2.35. The molecule has 1 spiro atoms. The summed E-state index contributed by atoms with van der Waals surface area (Å²) >= 11 is 0. The largest absolute Gasteiger partial charge is 0.354 e. The monoisotopic (exact) mass is 426 g/mol. The maximum Gasteiger partial charge on any atom is 0.325 e. The number of hydrogen-bond donors (Lipinski definition) is 2. The van der Waals surface area contributed by atoms with Gasteiger partial charge in [0.2, 0.25) is 5.91 Å². The fraction of sp³-hybridized carbons (Fsp3) is 0.625. The second kappa shape index (κ2) is 9.39. The molecule has 0 aromatic heterocycles. The zero-order valence-corrected chi connectivity index (χ0v) is 18.5. The van der Waals surface area contributed by atoms with Gasteiger partial charge in [-0.1, -0.05) is 50.5 Å². The van der Waals surface area contributed by atoms with Crippen molar-refractivity contribution in [1.82, 2.24) is 20.4 Å². The minimum Gasteiger partial charge on any atom is -0.354 e. The van der Waals surface area contributed by atoms with E-state index in [2.05, 4.69) is 46.7 Å². The Morgan fingerprint density at radius 3 is 2.65 bits per heavy atom. The van der Waals surface area contributed by atoms with Crippen LogP contribution in [0.3, 0.4) is 0 Å². The van der Waals surface area contributed by atoms with Gasteiger partial charge in [0.15, 0.2) is 0 Å². The molecule has 2 heterocycles. The van der Waals surface area contributed by atoms with Gasteiger partial charge in [0.1, 0.15) is 5.54 Å². The van der Waals surface area contributed by atoms with Crippen molar-refractivity contribution < 1.29 is 14.4 Å². The number of nitrogens with zero attached hydrogens (tertiary/aromatic N) is 2. The zero-order chi connectivity index (χ0) is 21.8. The topological polar surface area (TPSA) is 81.8 Å². The van der Waals surface area contributed by atoms with Crippen LogP contribution in [0.15, 0.2) is 24.3 Å². The summed E-state index contributed by atoms with van der Waals surface area (Å²) < 4.78 is 0. The number of fused-ring (bicyclic) bond motifs is 1. The molecule has 1 aromatic carbocycles. The third-order valence-corrected chi connectivity index (χ3v) is 7.20. The van der Waals surface area contributed by atoms with Crippen molar-refractivity contribution in [2.24, 2.45) is 0 Å². The molecule has 0 bridgehead atoms. The van der Waals surface area contributed by atoms with Crippen LogP contribution in [0.1, 0.15) is 63.0 Å². The molecule has 31 heavy (non-hydrogen) atoms. The first kappa shape index (κ1) is 21.8. The molecule has 168 valence electrons. The average molecular weight is 427 g/mol. The Kier molecular flexibility index (Phi) is 6.60. The van der Waals surface area contributed by atoms with Gasteiger partial charge in [-0.2, -0.15) is 0 Å². The van der Waals surface area contributed by atoms with E-state index in [9.17, 15) is 14.4 Å². The first-order valence-corrected chi connectivity index (χ1v) is 11.7. The van der Waals surface area contributed by atoms with Crippen LogP contribution in [0.25, 0.3) is 0 Å². The van der Waals surface area contributed by atoms with Crippen molar-refractivity contribution in [1.29, 1.82) is 0 Å². The Morgan fingerprint density at radius 1 is 1.16 bits per heavy atom. The summed E-state index contributed by atoms with van der Waals surface area (Å²) in [5.74, 6) is -0.260. The average Bonchev–Trinajstić information content (AvgIpc) is 3.01. The van der Waals surface area contributed by atoms with E-state index >= 15 is 0 Å². The van der Waals surface area contributed by atoms with Crippen LogP contribution in [-0.4, -0.2) is 58.9 Å². The predicted molar refractivity (Wildman–Crippen MR) is 118 cm³/mol. The molecule has 1 saturated heterocycles. The van der Waals surface area contributed by atoms with Gasteiger partial charge in [-0.05, 0) is 36.8 Å². The summed E-state index contributed by atoms with van der Waals surface area (Å²) in [6.07, 6.45) is 6.57. The Balaban J connectivity index is 1.25. The Hall–Kier alpha value is -2.41. The second-order valence-electron chi connectivity index (χ2n) is 9.14. The zero-order valence-electron chi connectivity index (χ0n) is 18.5. The molecule has 3 aliphatic rings. The molecule has 1 saturated carbocycles. The molecular formula is C24H34N4O3. The van der Waals surface area contributed by atoms with Crippen LogP contribution >= 0.6 is 0 Å². The molecule has 4 amide bonds. The van der Waals surface area contributed by atoms with Crippen molar-refractivity contribution in [3.05, 3.63) is 35.4 Å². The summed E-state index contributed by atoms with van der Waals surface area (Å²) in [5, 5.41) is 5.93. The van der Waals surface area contributed by atoms with Gasteiger partial charge in [-0.25, -0.2) is 4.79 Å². The number of carbonyl (C=O) groups excluding carboxylic acids is 3. The maximum atomic E-state index is 12.8. The highest BCUT2D eigenvalue weighted by molar-refractivity contribution is 6.07. The molecule has 7 nitrogen and oxygen atoms in total. The van der Waals surface area contributed by atoms with E-state index in [0.29, 0.717) is 19.4 Å². The molecular weight excluding hydrogens is 392 g/mol. The summed E-state index contributed by atoms with van der Waals surface area (Å²) in [7, 11) is 0. The van der Waals surface area contributed by atoms with Crippen LogP contribution in [0.2, 0.25) is 0 Å². The Labute approximate surface area is 184 Å². The molecule has 4 rings (SSSR count). The number of amides is 4. The Bertz CT molecular complexity index is 834. The van der Waals surface area contributed by atoms with E-state index in [1.165, 1.54) is 16.0 Å². The number of urea groups is 1. The van der Waals surface area contributed by atoms with E-state index in [1.54, 1.807) is 0 Å². The molecule has 2 aliphatic heterocycles. The molecule has 1 atom stereocenters. The van der Waals surface area contributed by atoms with Gasteiger partial charge < -0.3 is 10.6 Å². The van der Waals surface area contributed by atoms with Gasteiger partial charge in [-0.3, -0.25) is 19.4 Å². The highest BCUT2D eigenvalue weighted by Gasteiger charge is 2.51. The standard InChI is InChI=1S/C24H34N4O3/c1-2-20(27-14-10-18-8-4-5-9-19(18)17-27)16-25-21(29)11-15-28-22(30)24(26-23(28)31)12-6-3-7-13-24/h4-5,8-9,20H,2-3,6-7,10-17H2,1H3,(H,25,29)(H,26,31). The smallest absolute Gasteiger partial charge is 0.325 e. The van der Waals surface area contributed by atoms with Crippen LogP contribution in [-0.2, 0) is 22.6 Å². The number of carbonyl (C=O) groups is 3. The highest BCUT2D eigenvalue weighted by atomic mass is 16.2. The summed E-state index contributed by atoms with van der Waals surface area (Å²) in [6, 6.07) is 8.48. The summed E-state index contributed by atoms with van der Waals surface area (Å²) in [4.78, 5) is 41.3. The molecule has 1 aliphatic carbocycles. The molecule has 7 heteroatoms. The van der Waals surface area contributed by atoms with Gasteiger partial charge in [-0.15, -0.1) is 0 Å². The fourth-order valence-corrected chi connectivity index (χ4v) is 5.27. The number of nitrogens with one attached hydrogen (secondary N) is 2. The van der Waals surface area contributed by atoms with Crippen molar-refractivity contribution in [2.45, 2.75) is 76.4 Å². The molecule has 2 fully saturated rings.